The van der Waals surface area contributed by atoms with Crippen molar-refractivity contribution in [2.24, 2.45) is 10.7 Å². The number of nitrogens with one attached hydrogen (secondary N) is 1. The molecule has 0 spiro atoms. The third-order valence-corrected chi connectivity index (χ3v) is 3.60. The molecule has 2 aromatic rings. The van der Waals surface area contributed by atoms with Crippen LogP contribution in [0.15, 0.2) is 41.5 Å². The maximum absolute atomic E-state index is 13.4. The molecular formula is C16H18FIN4. The molecule has 0 unspecified atom stereocenters. The molecule has 1 aromatic carbocycles. The van der Waals surface area contributed by atoms with Crippen molar-refractivity contribution in [1.29, 1.82) is 0 Å². The zero-order chi connectivity index (χ0) is 14.7. The van der Waals surface area contributed by atoms with E-state index in [4.69, 9.17) is 5.73 Å². The number of rotatable bonds is 3. The summed E-state index contributed by atoms with van der Waals surface area (Å²) < 4.78 is 13.4. The lowest BCUT2D eigenvalue weighted by Gasteiger charge is -2.08. The second-order valence-corrected chi connectivity index (χ2v) is 5.10. The number of nitrogens with two attached hydrogens (primary N) is 1. The fourth-order valence-electron chi connectivity index (χ4n) is 2.53. The molecule has 22 heavy (non-hydrogen) atoms. The number of hydrogen-bond acceptors (Lipinski definition) is 2. The molecular weight excluding hydrogens is 394 g/mol. The second kappa shape index (κ2) is 7.53. The van der Waals surface area contributed by atoms with Gasteiger partial charge >= 0.3 is 0 Å². The number of aryl methyl sites for hydroxylation is 2. The van der Waals surface area contributed by atoms with Crippen molar-refractivity contribution in [3.63, 3.8) is 0 Å². The topological polar surface area (TPSA) is 63.3 Å². The van der Waals surface area contributed by atoms with Gasteiger partial charge in [-0.3, -0.25) is 4.98 Å². The number of benzene rings is 1. The van der Waals surface area contributed by atoms with E-state index in [1.807, 2.05) is 6.07 Å². The van der Waals surface area contributed by atoms with Gasteiger partial charge in [0.1, 0.15) is 5.82 Å². The summed E-state index contributed by atoms with van der Waals surface area (Å²) in [7, 11) is 0. The Balaban J connectivity index is 0.00000176. The number of aliphatic imine (C=N–C) groups is 1. The van der Waals surface area contributed by atoms with E-state index in [-0.39, 0.29) is 48.0 Å². The number of fused-ring (bicyclic) bond motifs is 1. The van der Waals surface area contributed by atoms with Crippen molar-refractivity contribution in [3.8, 4) is 0 Å². The average Bonchev–Trinajstić information content (AvgIpc) is 2.94. The predicted octanol–water partition coefficient (Wildman–Crippen LogP) is 3.25. The second-order valence-electron chi connectivity index (χ2n) is 5.10. The van der Waals surface area contributed by atoms with Crippen LogP contribution in [0.2, 0.25) is 0 Å². The van der Waals surface area contributed by atoms with E-state index in [2.05, 4.69) is 27.4 Å². The van der Waals surface area contributed by atoms with E-state index in [0.717, 1.165) is 18.5 Å². The maximum atomic E-state index is 13.4. The lowest BCUT2D eigenvalue weighted by Crippen LogP contribution is -2.22. The molecule has 0 atom stereocenters. The number of pyridine rings is 1. The minimum absolute atomic E-state index is 0. The van der Waals surface area contributed by atoms with Gasteiger partial charge in [-0.25, -0.2) is 9.38 Å². The number of nitrogens with zero attached hydrogens (tertiary/aromatic N) is 2. The van der Waals surface area contributed by atoms with Crippen LogP contribution in [-0.4, -0.2) is 10.9 Å². The van der Waals surface area contributed by atoms with Crippen molar-refractivity contribution in [2.45, 2.75) is 25.8 Å². The van der Waals surface area contributed by atoms with Crippen LogP contribution in [0.4, 0.5) is 10.1 Å². The first-order valence-corrected chi connectivity index (χ1v) is 7.00. The van der Waals surface area contributed by atoms with Crippen molar-refractivity contribution < 1.29 is 4.39 Å². The third-order valence-electron chi connectivity index (χ3n) is 3.60. The molecule has 116 valence electrons. The lowest BCUT2D eigenvalue weighted by atomic mass is 10.1. The number of anilines is 1. The smallest absolute Gasteiger partial charge is 0.193 e. The van der Waals surface area contributed by atoms with E-state index in [1.54, 1.807) is 6.07 Å². The van der Waals surface area contributed by atoms with Crippen LogP contribution in [0.25, 0.3) is 0 Å². The van der Waals surface area contributed by atoms with E-state index < -0.39 is 0 Å². The van der Waals surface area contributed by atoms with E-state index in [0.29, 0.717) is 0 Å². The van der Waals surface area contributed by atoms with Crippen molar-refractivity contribution in [2.75, 3.05) is 5.32 Å². The zero-order valence-electron chi connectivity index (χ0n) is 12.1. The normalized spacial score (nSPS) is 13.4. The van der Waals surface area contributed by atoms with Crippen molar-refractivity contribution in [1.82, 2.24) is 4.98 Å². The quantitative estimate of drug-likeness (QED) is 0.462. The first-order chi connectivity index (χ1) is 10.2. The van der Waals surface area contributed by atoms with Crippen LogP contribution in [0.3, 0.4) is 0 Å². The molecule has 0 saturated heterocycles. The van der Waals surface area contributed by atoms with E-state index in [1.165, 1.54) is 29.8 Å². The van der Waals surface area contributed by atoms with Crippen LogP contribution in [-0.2, 0) is 19.4 Å². The van der Waals surface area contributed by atoms with E-state index >= 15 is 0 Å². The molecule has 3 N–H and O–H groups in total. The SMILES string of the molecule is I.NC(=NCc1ncccc1F)Nc1ccc2c(c1)CCC2. The average molecular weight is 412 g/mol. The largest absolute Gasteiger partial charge is 0.370 e. The Bertz CT molecular complexity index is 688. The van der Waals surface area contributed by atoms with E-state index in [9.17, 15) is 4.39 Å². The molecule has 3 rings (SSSR count). The summed E-state index contributed by atoms with van der Waals surface area (Å²) in [6.07, 6.45) is 5.01. The van der Waals surface area contributed by atoms with Gasteiger partial charge in [0.2, 0.25) is 0 Å². The Hall–Kier alpha value is -1.70. The Morgan fingerprint density at radius 2 is 2.09 bits per heavy atom. The molecule has 0 bridgehead atoms. The number of guanidine groups is 1. The van der Waals surface area contributed by atoms with Gasteiger partial charge in [0.05, 0.1) is 12.2 Å². The van der Waals surface area contributed by atoms with Gasteiger partial charge in [-0.05, 0) is 54.7 Å². The summed E-state index contributed by atoms with van der Waals surface area (Å²) in [5.74, 6) is -0.107. The summed E-state index contributed by atoms with van der Waals surface area (Å²) >= 11 is 0. The zero-order valence-corrected chi connectivity index (χ0v) is 14.4. The molecule has 4 nitrogen and oxygen atoms in total. The van der Waals surface area contributed by atoms with Gasteiger partial charge < -0.3 is 11.1 Å². The van der Waals surface area contributed by atoms with Crippen molar-refractivity contribution >= 4 is 35.6 Å². The monoisotopic (exact) mass is 412 g/mol. The molecule has 0 saturated carbocycles. The van der Waals surface area contributed by atoms with Gasteiger partial charge in [-0.1, -0.05) is 6.07 Å². The van der Waals surface area contributed by atoms with Crippen molar-refractivity contribution in [3.05, 3.63) is 59.2 Å². The molecule has 0 aliphatic heterocycles. The van der Waals surface area contributed by atoms with Gasteiger partial charge in [0, 0.05) is 11.9 Å². The number of halogens is 2. The molecule has 6 heteroatoms. The molecule has 1 aliphatic carbocycles. The minimum atomic E-state index is -0.369. The standard InChI is InChI=1S/C16H17FN4.HI/c17-14-5-2-8-19-15(14)10-20-16(18)21-13-7-6-11-3-1-4-12(11)9-13;/h2,5-9H,1,3-4,10H2,(H3,18,20,21);1H. The van der Waals surface area contributed by atoms with Crippen LogP contribution in [0.5, 0.6) is 0 Å². The number of aromatic nitrogens is 1. The molecule has 1 aromatic heterocycles. The highest BCUT2D eigenvalue weighted by Gasteiger charge is 2.10. The molecule has 0 fully saturated rings. The summed E-state index contributed by atoms with van der Waals surface area (Å²) in [4.78, 5) is 8.06. The Labute approximate surface area is 146 Å². The highest BCUT2D eigenvalue weighted by atomic mass is 127. The Kier molecular flexibility index (Phi) is 5.70. The molecule has 1 heterocycles. The van der Waals surface area contributed by atoms with Crippen LogP contribution >= 0.6 is 24.0 Å². The Morgan fingerprint density at radius 1 is 1.27 bits per heavy atom. The van der Waals surface area contributed by atoms with Gasteiger partial charge in [0.25, 0.3) is 0 Å². The summed E-state index contributed by atoms with van der Waals surface area (Å²) in [5.41, 5.74) is 9.81. The van der Waals surface area contributed by atoms with Crippen LogP contribution < -0.4 is 11.1 Å². The van der Waals surface area contributed by atoms with Gasteiger partial charge in [-0.2, -0.15) is 0 Å². The number of hydrogen-bond donors (Lipinski definition) is 2. The summed E-state index contributed by atoms with van der Waals surface area (Å²) in [5, 5.41) is 3.04. The fraction of sp³-hybridized carbons (Fsp3) is 0.250. The molecule has 0 radical (unpaired) electrons. The molecule has 0 amide bonds. The fourth-order valence-corrected chi connectivity index (χ4v) is 2.53. The van der Waals surface area contributed by atoms with Crippen LogP contribution in [0, 0.1) is 5.82 Å². The Morgan fingerprint density at radius 3 is 2.91 bits per heavy atom. The highest BCUT2D eigenvalue weighted by molar-refractivity contribution is 14.0. The first kappa shape index (κ1) is 16.7. The first-order valence-electron chi connectivity index (χ1n) is 7.00. The summed E-state index contributed by atoms with van der Waals surface area (Å²) in [6, 6.07) is 9.13. The summed E-state index contributed by atoms with van der Waals surface area (Å²) in [6.45, 7) is 0.121. The van der Waals surface area contributed by atoms with Crippen LogP contribution in [0.1, 0.15) is 23.2 Å². The highest BCUT2D eigenvalue weighted by Crippen LogP contribution is 2.24. The maximum Gasteiger partial charge on any atom is 0.193 e. The minimum Gasteiger partial charge on any atom is -0.370 e. The third kappa shape index (κ3) is 3.94. The molecule has 1 aliphatic rings. The van der Waals surface area contributed by atoms with Gasteiger partial charge in [-0.15, -0.1) is 24.0 Å². The van der Waals surface area contributed by atoms with Gasteiger partial charge in [0.15, 0.2) is 5.96 Å². The predicted molar refractivity (Wildman–Crippen MR) is 97.0 cm³/mol. The lowest BCUT2D eigenvalue weighted by molar-refractivity contribution is 0.600.